The number of hydrogen-bond acceptors (Lipinski definition) is 4. The van der Waals surface area contributed by atoms with Crippen LogP contribution in [0.2, 0.25) is 5.02 Å². The summed E-state index contributed by atoms with van der Waals surface area (Å²) < 4.78 is 5.83. The maximum Gasteiger partial charge on any atom is 0.312 e. The number of nitrogens with two attached hydrogens (primary N) is 1. The Hall–Kier alpha value is -1.33. The molecule has 1 aromatic carbocycles. The second-order valence-electron chi connectivity index (χ2n) is 4.81. The monoisotopic (exact) mass is 284 g/mol. The lowest BCUT2D eigenvalue weighted by Crippen LogP contribution is -2.35. The summed E-state index contributed by atoms with van der Waals surface area (Å²) in [4.78, 5) is 10.5. The molecule has 1 aliphatic carbocycles. The van der Waals surface area contributed by atoms with Gasteiger partial charge in [0.2, 0.25) is 0 Å². The lowest BCUT2D eigenvalue weighted by Gasteiger charge is -2.30. The first kappa shape index (κ1) is 14.1. The standard InChI is InChI=1S/C13H17ClN2O3/c14-10-5-6-13(11(7-10)16(17)18)19-12-4-2-1-3-9(12)8-15/h5-7,9,12H,1-4,8,15H2. The molecule has 0 spiro atoms. The molecule has 2 unspecified atom stereocenters. The number of nitrogens with zero attached hydrogens (tertiary/aromatic N) is 1. The minimum atomic E-state index is -0.471. The zero-order chi connectivity index (χ0) is 13.8. The molecule has 0 radical (unpaired) electrons. The first-order chi connectivity index (χ1) is 9.11. The summed E-state index contributed by atoms with van der Waals surface area (Å²) >= 11 is 5.78. The van der Waals surface area contributed by atoms with E-state index in [0.717, 1.165) is 25.7 Å². The Morgan fingerprint density at radius 2 is 2.16 bits per heavy atom. The lowest BCUT2D eigenvalue weighted by molar-refractivity contribution is -0.386. The number of halogens is 1. The minimum absolute atomic E-state index is 0.0429. The van der Waals surface area contributed by atoms with Gasteiger partial charge in [-0.1, -0.05) is 18.0 Å². The van der Waals surface area contributed by atoms with E-state index < -0.39 is 4.92 Å². The van der Waals surface area contributed by atoms with Gasteiger partial charge in [-0.2, -0.15) is 0 Å². The molecule has 6 heteroatoms. The molecule has 2 N–H and O–H groups in total. The topological polar surface area (TPSA) is 78.4 Å². The van der Waals surface area contributed by atoms with Gasteiger partial charge in [0, 0.05) is 17.0 Å². The number of benzene rings is 1. The van der Waals surface area contributed by atoms with Crippen molar-refractivity contribution in [1.29, 1.82) is 0 Å². The third-order valence-electron chi connectivity index (χ3n) is 3.54. The Morgan fingerprint density at radius 3 is 2.84 bits per heavy atom. The van der Waals surface area contributed by atoms with Crippen LogP contribution in [0.3, 0.4) is 0 Å². The van der Waals surface area contributed by atoms with Crippen LogP contribution in [0.25, 0.3) is 0 Å². The fourth-order valence-corrected chi connectivity index (χ4v) is 2.66. The molecule has 1 aromatic rings. The number of nitro benzene ring substituents is 1. The van der Waals surface area contributed by atoms with Crippen LogP contribution >= 0.6 is 11.6 Å². The second-order valence-corrected chi connectivity index (χ2v) is 5.24. The molecule has 1 fully saturated rings. The van der Waals surface area contributed by atoms with Crippen LogP contribution in [0.15, 0.2) is 18.2 Å². The summed E-state index contributed by atoms with van der Waals surface area (Å²) in [6, 6.07) is 4.48. The summed E-state index contributed by atoms with van der Waals surface area (Å²) in [6.45, 7) is 0.548. The van der Waals surface area contributed by atoms with Crippen LogP contribution < -0.4 is 10.5 Å². The molecule has 5 nitrogen and oxygen atoms in total. The Kier molecular flexibility index (Phi) is 4.61. The van der Waals surface area contributed by atoms with Gasteiger partial charge in [-0.05, 0) is 37.9 Å². The van der Waals surface area contributed by atoms with Gasteiger partial charge in [-0.25, -0.2) is 0 Å². The smallest absolute Gasteiger partial charge is 0.312 e. The number of hydrogen-bond donors (Lipinski definition) is 1. The highest BCUT2D eigenvalue weighted by Gasteiger charge is 2.28. The van der Waals surface area contributed by atoms with Crippen LogP contribution in [0.4, 0.5) is 5.69 Å². The fraction of sp³-hybridized carbons (Fsp3) is 0.538. The molecule has 1 aliphatic rings. The normalized spacial score (nSPS) is 23.1. The van der Waals surface area contributed by atoms with Crippen molar-refractivity contribution in [3.8, 4) is 5.75 Å². The molecule has 1 saturated carbocycles. The quantitative estimate of drug-likeness (QED) is 0.680. The third-order valence-corrected chi connectivity index (χ3v) is 3.77. The fourth-order valence-electron chi connectivity index (χ4n) is 2.49. The van der Waals surface area contributed by atoms with E-state index in [1.165, 1.54) is 6.07 Å². The summed E-state index contributed by atoms with van der Waals surface area (Å²) in [5.74, 6) is 0.545. The number of rotatable bonds is 4. The van der Waals surface area contributed by atoms with E-state index in [9.17, 15) is 10.1 Å². The highest BCUT2D eigenvalue weighted by atomic mass is 35.5. The first-order valence-electron chi connectivity index (χ1n) is 6.42. The molecule has 104 valence electrons. The predicted molar refractivity (Wildman–Crippen MR) is 73.5 cm³/mol. The largest absolute Gasteiger partial charge is 0.483 e. The highest BCUT2D eigenvalue weighted by molar-refractivity contribution is 6.30. The Morgan fingerprint density at radius 1 is 1.42 bits per heavy atom. The first-order valence-corrected chi connectivity index (χ1v) is 6.80. The highest BCUT2D eigenvalue weighted by Crippen LogP contribution is 2.34. The number of nitro groups is 1. The van der Waals surface area contributed by atoms with Crippen molar-refractivity contribution in [2.45, 2.75) is 31.8 Å². The molecule has 0 amide bonds. The van der Waals surface area contributed by atoms with Crippen molar-refractivity contribution < 1.29 is 9.66 Å². The SMILES string of the molecule is NCC1CCCCC1Oc1ccc(Cl)cc1[N+](=O)[O-]. The van der Waals surface area contributed by atoms with Gasteiger partial charge in [0.15, 0.2) is 5.75 Å². The average Bonchev–Trinajstić information content (AvgIpc) is 2.41. The zero-order valence-corrected chi connectivity index (χ0v) is 11.3. The molecule has 0 saturated heterocycles. The molecular weight excluding hydrogens is 268 g/mol. The van der Waals surface area contributed by atoms with Crippen LogP contribution in [0, 0.1) is 16.0 Å². The molecule has 0 aromatic heterocycles. The second kappa shape index (κ2) is 6.21. The van der Waals surface area contributed by atoms with E-state index in [2.05, 4.69) is 0 Å². The Balaban J connectivity index is 2.20. The number of ether oxygens (including phenoxy) is 1. The van der Waals surface area contributed by atoms with Gasteiger partial charge in [0.05, 0.1) is 4.92 Å². The van der Waals surface area contributed by atoms with Gasteiger partial charge in [-0.15, -0.1) is 0 Å². The van der Waals surface area contributed by atoms with Crippen molar-refractivity contribution in [1.82, 2.24) is 0 Å². The summed E-state index contributed by atoms with van der Waals surface area (Å²) in [7, 11) is 0. The molecule has 0 bridgehead atoms. The van der Waals surface area contributed by atoms with Crippen LogP contribution in [0.1, 0.15) is 25.7 Å². The van der Waals surface area contributed by atoms with Gasteiger partial charge in [-0.3, -0.25) is 10.1 Å². The van der Waals surface area contributed by atoms with Crippen molar-refractivity contribution in [2.75, 3.05) is 6.54 Å². The molecule has 0 heterocycles. The predicted octanol–water partition coefficient (Wildman–Crippen LogP) is 3.14. The molecular formula is C13H17ClN2O3. The van der Waals surface area contributed by atoms with Crippen molar-refractivity contribution in [2.24, 2.45) is 11.7 Å². The van der Waals surface area contributed by atoms with Crippen LogP contribution in [-0.4, -0.2) is 17.6 Å². The van der Waals surface area contributed by atoms with E-state index in [0.29, 0.717) is 11.6 Å². The van der Waals surface area contributed by atoms with E-state index in [1.807, 2.05) is 0 Å². The van der Waals surface area contributed by atoms with Crippen molar-refractivity contribution >= 4 is 17.3 Å². The maximum atomic E-state index is 11.0. The van der Waals surface area contributed by atoms with Gasteiger partial charge >= 0.3 is 5.69 Å². The van der Waals surface area contributed by atoms with E-state index in [1.54, 1.807) is 12.1 Å². The lowest BCUT2D eigenvalue weighted by atomic mass is 9.86. The van der Waals surface area contributed by atoms with E-state index >= 15 is 0 Å². The summed E-state index contributed by atoms with van der Waals surface area (Å²) in [5.41, 5.74) is 5.65. The van der Waals surface area contributed by atoms with Gasteiger partial charge in [0.25, 0.3) is 0 Å². The third kappa shape index (κ3) is 3.36. The maximum absolute atomic E-state index is 11.0. The summed E-state index contributed by atoms with van der Waals surface area (Å²) in [6.07, 6.45) is 4.08. The van der Waals surface area contributed by atoms with Crippen LogP contribution in [0.5, 0.6) is 5.75 Å². The molecule has 0 aliphatic heterocycles. The molecule has 19 heavy (non-hydrogen) atoms. The zero-order valence-electron chi connectivity index (χ0n) is 10.5. The van der Waals surface area contributed by atoms with Gasteiger partial charge in [0.1, 0.15) is 6.10 Å². The Labute approximate surface area is 116 Å². The van der Waals surface area contributed by atoms with E-state index in [-0.39, 0.29) is 23.5 Å². The van der Waals surface area contributed by atoms with E-state index in [4.69, 9.17) is 22.1 Å². The Bertz CT molecular complexity index is 467. The van der Waals surface area contributed by atoms with Crippen molar-refractivity contribution in [3.63, 3.8) is 0 Å². The molecule has 2 rings (SSSR count). The average molecular weight is 285 g/mol. The van der Waals surface area contributed by atoms with Crippen LogP contribution in [-0.2, 0) is 0 Å². The molecule has 2 atom stereocenters. The summed E-state index contributed by atoms with van der Waals surface area (Å²) in [5, 5.41) is 11.3. The minimum Gasteiger partial charge on any atom is -0.483 e. The van der Waals surface area contributed by atoms with Crippen molar-refractivity contribution in [3.05, 3.63) is 33.3 Å². The van der Waals surface area contributed by atoms with Gasteiger partial charge < -0.3 is 10.5 Å².